The molecule has 0 N–H and O–H groups in total. The second kappa shape index (κ2) is 59.8. The largest absolute Gasteiger partial charge is 0.0999 e. The molecule has 2 radical (unpaired) electrons. The average molecular weight is 2180 g/mol. The highest BCUT2D eigenvalue weighted by Gasteiger charge is 2.17. The van der Waals surface area contributed by atoms with E-state index >= 15 is 0 Å². The summed E-state index contributed by atoms with van der Waals surface area (Å²) in [5.41, 5.74) is 0. The normalized spacial score (nSPS) is 9.57. The molecule has 0 aliphatic carbocycles. The second-order valence-corrected chi connectivity index (χ2v) is 32.6. The predicted octanol–water partition coefficient (Wildman–Crippen LogP) is 43.6. The van der Waals surface area contributed by atoms with Crippen LogP contribution >= 0.6 is 429 Å². The van der Waals surface area contributed by atoms with Crippen LogP contribution in [-0.2, 0) is 0 Å². The van der Waals surface area contributed by atoms with Gasteiger partial charge < -0.3 is 0 Å². The smallest absolute Gasteiger partial charge is 0.0810 e. The Balaban J connectivity index is 0. The molecule has 11 aromatic carbocycles. The Labute approximate surface area is 801 Å². The third-order valence-electron chi connectivity index (χ3n) is 10.0. The second-order valence-electron chi connectivity index (χ2n) is 17.6. The van der Waals surface area contributed by atoms with Crippen LogP contribution in [0, 0.1) is 0 Å². The van der Waals surface area contributed by atoms with Gasteiger partial charge in [0.1, 0.15) is 0 Å². The summed E-state index contributed by atoms with van der Waals surface area (Å²) < 4.78 is 0. The van der Waals surface area contributed by atoms with Gasteiger partial charge in [0.2, 0.25) is 0 Å². The molecule has 11 aromatic rings. The quantitative estimate of drug-likeness (QED) is 0.0806. The van der Waals surface area contributed by atoms with Gasteiger partial charge in [-0.2, -0.15) is 0 Å². The van der Waals surface area contributed by atoms with Crippen molar-refractivity contribution in [1.82, 2.24) is 0 Å². The minimum atomic E-state index is 0. The minimum Gasteiger partial charge on any atom is -0.0999 e. The summed E-state index contributed by atoms with van der Waals surface area (Å²) >= 11 is 208. The van der Waals surface area contributed by atoms with Gasteiger partial charge in [-0.15, -0.1) is 0 Å². The Hall–Kier alpha value is 2.21. The fourth-order valence-corrected chi connectivity index (χ4v) is 13.1. The molecule has 0 unspecified atom stereocenters. The van der Waals surface area contributed by atoms with Gasteiger partial charge in [0.15, 0.2) is 0 Å². The fourth-order valence-electron chi connectivity index (χ4n) is 5.42. The van der Waals surface area contributed by atoms with E-state index in [4.69, 9.17) is 429 Å². The first kappa shape index (κ1) is 110. The van der Waals surface area contributed by atoms with Crippen LogP contribution in [0.25, 0.3) is 0 Å². The Kier molecular flexibility index (Phi) is 62.2. The summed E-state index contributed by atoms with van der Waals surface area (Å²) in [6.45, 7) is 1.50. The third kappa shape index (κ3) is 45.2. The highest BCUT2D eigenvalue weighted by molar-refractivity contribution is 6.60. The molecule has 0 aromatic heterocycles. The Morgan fingerprint density at radius 1 is 0.132 bits per heavy atom. The van der Waals surface area contributed by atoms with Crippen molar-refractivity contribution in [1.29, 1.82) is 0 Å². The van der Waals surface area contributed by atoms with E-state index in [2.05, 4.69) is 7.85 Å². The van der Waals surface area contributed by atoms with E-state index in [1.807, 2.05) is 18.2 Å². The van der Waals surface area contributed by atoms with Crippen LogP contribution in [0.5, 0.6) is 0 Å². The van der Waals surface area contributed by atoms with Crippen LogP contribution in [-0.4, -0.2) is 7.85 Å². The molecule has 0 bridgehead atoms. The molecule has 0 atom stereocenters. The van der Waals surface area contributed by atoms with Crippen molar-refractivity contribution in [2.45, 2.75) is 14.2 Å². The van der Waals surface area contributed by atoms with Gasteiger partial charge in [0, 0.05) is 50.2 Å². The van der Waals surface area contributed by atoms with Gasteiger partial charge in [0.25, 0.3) is 0 Å². The Morgan fingerprint density at radius 3 is 0.547 bits per heavy atom. The first-order valence-corrected chi connectivity index (χ1v) is 40.4. The van der Waals surface area contributed by atoms with Crippen molar-refractivity contribution >= 4 is 437 Å². The van der Waals surface area contributed by atoms with Crippen molar-refractivity contribution in [3.05, 3.63) is 362 Å². The van der Waals surface area contributed by atoms with E-state index in [-0.39, 0.29) is 37.6 Å². The lowest BCUT2D eigenvalue weighted by atomic mass is 10.2. The lowest BCUT2D eigenvalue weighted by Gasteiger charge is -2.06. The molecule has 0 aliphatic rings. The van der Waals surface area contributed by atoms with Crippen molar-refractivity contribution < 1.29 is 0 Å². The van der Waals surface area contributed by atoms with E-state index in [9.17, 15) is 0 Å². The summed E-state index contributed by atoms with van der Waals surface area (Å²) in [6, 6.07) is 48.6. The summed E-state index contributed by atoms with van der Waals surface area (Å²) in [5.74, 6) is 0. The zero-order valence-corrected chi connectivity index (χ0v) is 78.8. The summed E-state index contributed by atoms with van der Waals surface area (Å²) in [5, 5.41) is 15.6. The number of benzene rings is 11. The highest BCUT2D eigenvalue weighted by atomic mass is 35.5. The zero-order chi connectivity index (χ0) is 80.9. The maximum absolute atomic E-state index is 5.67. The highest BCUT2D eigenvalue weighted by Crippen LogP contribution is 2.46. The first-order chi connectivity index (χ1) is 48.9. The molecular weight excluding hydrogens is 2140 g/mol. The predicted molar refractivity (Wildman–Crippen MR) is 495 cm³/mol. The monoisotopic (exact) mass is 2160 g/mol. The van der Waals surface area contributed by atoms with Gasteiger partial charge in [-0.3, -0.25) is 0 Å². The van der Waals surface area contributed by atoms with Gasteiger partial charge in [-0.25, -0.2) is 0 Å². The maximum Gasteiger partial charge on any atom is 0.0810 e. The molecule has 38 heteroatoms. The van der Waals surface area contributed by atoms with Crippen LogP contribution in [0.2, 0.25) is 193 Å². The molecule has 0 saturated carbocycles. The standard InChI is InChI=1S/C6Cl6.4C6H2Cl4.3C6H3Cl3.3C6H4Cl2.CH3B.CH4/c7-1-2(8)4(10)6(12)5(11)3(1)9;7-3-1-4(8)6(10)2-5(3)9;2*7-3-1-4(8)6(10)5(9)2-3;7-3-1-2-4(8)6(10)5(3)9;7-4-1-5(8)3-6(9)2-4;7-4-1-2-5(8)6(9)3-4;7-4-2-1-3-5(8)6(4)9;7-5-1-2-6(8)4-3-5;7-5-2-1-3-6(8)4-5;7-5-3-1-2-4-6(5)8;1-2;/h;4*1-2H;3*1-3H;3*1-4H;1H3;1H4. The Morgan fingerprint density at radius 2 is 0.311 bits per heavy atom. The van der Waals surface area contributed by atoms with Gasteiger partial charge in [-0.1, -0.05) is 468 Å². The number of rotatable bonds is 0. The summed E-state index contributed by atoms with van der Waals surface area (Å²) in [7, 11) is 4.50. The molecule has 0 nitrogen and oxygen atoms in total. The lowest BCUT2D eigenvalue weighted by molar-refractivity contribution is 1.69. The fraction of sp³-hybridized carbons (Fsp3) is 0.0294. The summed E-state index contributed by atoms with van der Waals surface area (Å²) in [4.78, 5) is 0. The zero-order valence-electron chi connectivity index (χ0n) is 50.8. The van der Waals surface area contributed by atoms with Crippen molar-refractivity contribution in [3.63, 3.8) is 0 Å². The average Bonchev–Trinajstić information content (AvgIpc) is 0.807. The molecule has 570 valence electrons. The van der Waals surface area contributed by atoms with E-state index in [0.717, 1.165) is 10.0 Å². The van der Waals surface area contributed by atoms with Crippen LogP contribution in [0.1, 0.15) is 7.43 Å². The van der Waals surface area contributed by atoms with Crippen molar-refractivity contribution in [2.75, 3.05) is 0 Å². The SMILES string of the molecule is C.Clc1c(Cl)c(Cl)c(Cl)c(Cl)c1Cl.Clc1cc(Cl)c(Cl)c(Cl)c1.Clc1cc(Cl)c(Cl)c(Cl)c1.Clc1cc(Cl)c(Cl)cc1Cl.Clc1cc(Cl)cc(Cl)c1.Clc1ccc(Cl)c(Cl)c1.Clc1ccc(Cl)c(Cl)c1Cl.Clc1ccc(Cl)cc1.Clc1cccc(Cl)c1.Clc1cccc(Cl)c1Cl.Clc1ccccc1Cl.[B]C. The van der Waals surface area contributed by atoms with E-state index in [0.29, 0.717) is 146 Å². The molecule has 0 fully saturated rings. The minimum absolute atomic E-state index is 0. The molecule has 11 rings (SSSR count). The van der Waals surface area contributed by atoms with Crippen LogP contribution in [0.3, 0.4) is 0 Å². The van der Waals surface area contributed by atoms with Crippen LogP contribution < -0.4 is 0 Å². The van der Waals surface area contributed by atoms with Crippen molar-refractivity contribution in [3.8, 4) is 0 Å². The Bertz CT molecular complexity index is 4100. The van der Waals surface area contributed by atoms with Crippen LogP contribution in [0.15, 0.2) is 176 Å². The molecule has 0 amide bonds. The van der Waals surface area contributed by atoms with Gasteiger partial charge >= 0.3 is 0 Å². The van der Waals surface area contributed by atoms with E-state index < -0.39 is 0 Å². The molecule has 0 heterocycles. The van der Waals surface area contributed by atoms with E-state index in [1.165, 1.54) is 43.2 Å². The topological polar surface area (TPSA) is 0 Å². The van der Waals surface area contributed by atoms with E-state index in [1.54, 1.807) is 121 Å². The molecule has 0 saturated heterocycles. The number of halogens is 37. The number of hydrogen-bond donors (Lipinski definition) is 0. The lowest BCUT2D eigenvalue weighted by Crippen LogP contribution is -1.79. The van der Waals surface area contributed by atoms with Crippen LogP contribution in [0.4, 0.5) is 0 Å². The maximum atomic E-state index is 5.67. The number of hydrogen-bond acceptors (Lipinski definition) is 0. The molecular formula is C68H36BCl37. The molecule has 0 aliphatic heterocycles. The van der Waals surface area contributed by atoms with Gasteiger partial charge in [0.05, 0.1) is 143 Å². The summed E-state index contributed by atoms with van der Waals surface area (Å²) in [6.07, 6.45) is 0. The molecule has 0 spiro atoms. The third-order valence-corrected chi connectivity index (χ3v) is 23.5. The molecule has 106 heavy (non-hydrogen) atoms. The first-order valence-electron chi connectivity index (χ1n) is 26.4. The van der Waals surface area contributed by atoms with Crippen molar-refractivity contribution in [2.24, 2.45) is 0 Å². The van der Waals surface area contributed by atoms with Gasteiger partial charge in [-0.05, 0) is 152 Å².